The van der Waals surface area contributed by atoms with Crippen molar-refractivity contribution >= 4 is 5.91 Å². The lowest BCUT2D eigenvalue weighted by atomic mass is 10.2. The molecular weight excluding hydrogens is 322 g/mol. The molecule has 3 aromatic rings. The molecular formula is C16H19N7O2. The highest BCUT2D eigenvalue weighted by atomic mass is 16.5. The number of tetrazole rings is 1. The summed E-state index contributed by atoms with van der Waals surface area (Å²) in [7, 11) is 1.55. The molecule has 1 atom stereocenters. The van der Waals surface area contributed by atoms with Crippen LogP contribution in [0.1, 0.15) is 23.9 Å². The van der Waals surface area contributed by atoms with Gasteiger partial charge < -0.3 is 10.1 Å². The number of aryl methyl sites for hydroxylation is 1. The number of para-hydroxylation sites is 1. The molecule has 2 N–H and O–H groups in total. The lowest BCUT2D eigenvalue weighted by Crippen LogP contribution is -2.32. The number of rotatable bonds is 8. The van der Waals surface area contributed by atoms with E-state index >= 15 is 0 Å². The summed E-state index contributed by atoms with van der Waals surface area (Å²) in [6, 6.07) is 9.39. The number of hydrogen-bond acceptors (Lipinski definition) is 6. The van der Waals surface area contributed by atoms with Gasteiger partial charge in [0.15, 0.2) is 5.82 Å². The van der Waals surface area contributed by atoms with E-state index < -0.39 is 6.04 Å². The summed E-state index contributed by atoms with van der Waals surface area (Å²) < 4.78 is 6.89. The Kier molecular flexibility index (Phi) is 5.47. The Morgan fingerprint density at radius 3 is 2.92 bits per heavy atom. The van der Waals surface area contributed by atoms with Crippen LogP contribution in [0, 0.1) is 0 Å². The molecule has 0 aliphatic rings. The number of carbonyl (C=O) groups excluding carboxylic acids is 1. The van der Waals surface area contributed by atoms with E-state index in [0.29, 0.717) is 18.7 Å². The Morgan fingerprint density at radius 1 is 1.36 bits per heavy atom. The number of benzene rings is 1. The smallest absolute Gasteiger partial charge is 0.221 e. The van der Waals surface area contributed by atoms with Crippen molar-refractivity contribution in [1.82, 2.24) is 35.7 Å². The molecule has 9 nitrogen and oxygen atoms in total. The summed E-state index contributed by atoms with van der Waals surface area (Å²) in [6.45, 7) is 0.275. The van der Waals surface area contributed by atoms with E-state index in [0.717, 1.165) is 11.3 Å². The van der Waals surface area contributed by atoms with Gasteiger partial charge in [-0.25, -0.2) is 4.68 Å². The van der Waals surface area contributed by atoms with E-state index in [9.17, 15) is 4.79 Å². The van der Waals surface area contributed by atoms with Gasteiger partial charge in [0.2, 0.25) is 5.91 Å². The number of hydrogen-bond donors (Lipinski definition) is 2. The lowest BCUT2D eigenvalue weighted by Gasteiger charge is -2.14. The van der Waals surface area contributed by atoms with Crippen molar-refractivity contribution in [2.75, 3.05) is 13.7 Å². The number of amides is 1. The Labute approximate surface area is 144 Å². The normalized spacial score (nSPS) is 12.0. The predicted octanol–water partition coefficient (Wildman–Crippen LogP) is 0.822. The average Bonchev–Trinajstić information content (AvgIpc) is 3.32. The molecule has 1 unspecified atom stereocenters. The van der Waals surface area contributed by atoms with Crippen LogP contribution in [-0.2, 0) is 16.0 Å². The molecule has 2 heterocycles. The van der Waals surface area contributed by atoms with Crippen molar-refractivity contribution in [3.8, 4) is 5.69 Å². The third-order valence-electron chi connectivity index (χ3n) is 3.64. The van der Waals surface area contributed by atoms with Crippen LogP contribution < -0.4 is 5.32 Å². The molecule has 3 rings (SSSR count). The quantitative estimate of drug-likeness (QED) is 0.628. The number of ether oxygens (including phenoxy) is 1. The van der Waals surface area contributed by atoms with Gasteiger partial charge >= 0.3 is 0 Å². The van der Waals surface area contributed by atoms with Crippen molar-refractivity contribution < 1.29 is 9.53 Å². The Bertz CT molecular complexity index is 786. The van der Waals surface area contributed by atoms with Gasteiger partial charge in [0.25, 0.3) is 0 Å². The van der Waals surface area contributed by atoms with Crippen LogP contribution in [0.5, 0.6) is 0 Å². The average molecular weight is 341 g/mol. The molecule has 1 aromatic carbocycles. The van der Waals surface area contributed by atoms with Crippen molar-refractivity contribution in [3.05, 3.63) is 54.1 Å². The number of methoxy groups -OCH3 is 1. The van der Waals surface area contributed by atoms with Crippen LogP contribution in [-0.4, -0.2) is 50.0 Å². The zero-order valence-corrected chi connectivity index (χ0v) is 13.8. The second-order valence-corrected chi connectivity index (χ2v) is 5.47. The van der Waals surface area contributed by atoms with E-state index in [1.54, 1.807) is 18.0 Å². The number of aromatic amines is 1. The molecule has 1 amide bonds. The second-order valence-electron chi connectivity index (χ2n) is 5.47. The van der Waals surface area contributed by atoms with Gasteiger partial charge in [0.05, 0.1) is 18.5 Å². The third kappa shape index (κ3) is 4.48. The number of H-pyrrole nitrogens is 1. The number of aromatic nitrogens is 6. The Hall–Kier alpha value is -3.07. The van der Waals surface area contributed by atoms with Crippen molar-refractivity contribution in [1.29, 1.82) is 0 Å². The largest absolute Gasteiger partial charge is 0.382 e. The van der Waals surface area contributed by atoms with Gasteiger partial charge in [-0.05, 0) is 24.1 Å². The van der Waals surface area contributed by atoms with E-state index in [1.165, 1.54) is 0 Å². The van der Waals surface area contributed by atoms with Gasteiger partial charge in [-0.15, -0.1) is 10.2 Å². The van der Waals surface area contributed by atoms with Crippen LogP contribution in [0.2, 0.25) is 0 Å². The minimum absolute atomic E-state index is 0.112. The highest BCUT2D eigenvalue weighted by molar-refractivity contribution is 5.76. The summed E-state index contributed by atoms with van der Waals surface area (Å²) in [4.78, 5) is 12.2. The third-order valence-corrected chi connectivity index (χ3v) is 3.64. The molecule has 0 aliphatic carbocycles. The van der Waals surface area contributed by atoms with Gasteiger partial charge in [-0.1, -0.05) is 23.4 Å². The summed E-state index contributed by atoms with van der Waals surface area (Å²) >= 11 is 0. The fourth-order valence-corrected chi connectivity index (χ4v) is 2.40. The van der Waals surface area contributed by atoms with Crippen LogP contribution >= 0.6 is 0 Å². The van der Waals surface area contributed by atoms with E-state index in [2.05, 4.69) is 31.0 Å². The fourth-order valence-electron chi connectivity index (χ4n) is 2.40. The molecule has 2 aromatic heterocycles. The first-order valence-electron chi connectivity index (χ1n) is 7.87. The maximum Gasteiger partial charge on any atom is 0.221 e. The Balaban J connectivity index is 1.54. The first kappa shape index (κ1) is 16.8. The fraction of sp³-hybridized carbons (Fsp3) is 0.312. The zero-order chi connectivity index (χ0) is 17.5. The summed E-state index contributed by atoms with van der Waals surface area (Å²) in [5.41, 5.74) is 1.97. The lowest BCUT2D eigenvalue weighted by molar-refractivity contribution is -0.122. The molecule has 0 fully saturated rings. The van der Waals surface area contributed by atoms with Crippen LogP contribution in [0.25, 0.3) is 5.69 Å². The molecule has 0 saturated heterocycles. The maximum atomic E-state index is 12.2. The van der Waals surface area contributed by atoms with Gasteiger partial charge in [0.1, 0.15) is 6.04 Å². The highest BCUT2D eigenvalue weighted by Gasteiger charge is 2.18. The van der Waals surface area contributed by atoms with Crippen LogP contribution in [0.4, 0.5) is 0 Å². The standard InChI is InChI=1S/C16H19N7O2/c1-25-11-14(16-19-21-22-20-16)18-15(24)8-7-12-9-17-23(10-12)13-5-3-2-4-6-13/h2-6,9-10,14H,7-8,11H2,1H3,(H,18,24)(H,19,20,21,22). The minimum atomic E-state index is -0.428. The van der Waals surface area contributed by atoms with E-state index in [4.69, 9.17) is 4.74 Å². The predicted molar refractivity (Wildman–Crippen MR) is 88.8 cm³/mol. The summed E-state index contributed by atoms with van der Waals surface area (Å²) in [5, 5.41) is 20.8. The second kappa shape index (κ2) is 8.15. The van der Waals surface area contributed by atoms with E-state index in [-0.39, 0.29) is 12.5 Å². The zero-order valence-electron chi connectivity index (χ0n) is 13.8. The molecule has 9 heteroatoms. The molecule has 0 radical (unpaired) electrons. The van der Waals surface area contributed by atoms with Gasteiger partial charge in [-0.2, -0.15) is 10.3 Å². The van der Waals surface area contributed by atoms with Gasteiger partial charge in [0, 0.05) is 19.7 Å². The van der Waals surface area contributed by atoms with Crippen molar-refractivity contribution in [2.24, 2.45) is 0 Å². The summed E-state index contributed by atoms with van der Waals surface area (Å²) in [6.07, 6.45) is 4.61. The van der Waals surface area contributed by atoms with Crippen LogP contribution in [0.15, 0.2) is 42.7 Å². The SMILES string of the molecule is COCC(NC(=O)CCc1cnn(-c2ccccc2)c1)c1nn[nH]n1. The topological polar surface area (TPSA) is 111 Å². The molecule has 0 bridgehead atoms. The Morgan fingerprint density at radius 2 is 2.20 bits per heavy atom. The maximum absolute atomic E-state index is 12.2. The van der Waals surface area contributed by atoms with E-state index in [1.807, 2.05) is 36.5 Å². The molecule has 0 aliphatic heterocycles. The van der Waals surface area contributed by atoms with Crippen molar-refractivity contribution in [3.63, 3.8) is 0 Å². The highest BCUT2D eigenvalue weighted by Crippen LogP contribution is 2.10. The monoisotopic (exact) mass is 341 g/mol. The van der Waals surface area contributed by atoms with Gasteiger partial charge in [-0.3, -0.25) is 4.79 Å². The molecule has 25 heavy (non-hydrogen) atoms. The van der Waals surface area contributed by atoms with Crippen molar-refractivity contribution in [2.45, 2.75) is 18.9 Å². The molecule has 0 spiro atoms. The molecule has 130 valence electrons. The first-order chi connectivity index (χ1) is 12.3. The number of nitrogens with zero attached hydrogens (tertiary/aromatic N) is 5. The number of nitrogens with one attached hydrogen (secondary N) is 2. The first-order valence-corrected chi connectivity index (χ1v) is 7.87. The molecule has 0 saturated carbocycles. The summed E-state index contributed by atoms with van der Waals surface area (Å²) in [5.74, 6) is 0.284. The minimum Gasteiger partial charge on any atom is -0.382 e. The number of carbonyl (C=O) groups is 1. The van der Waals surface area contributed by atoms with Crippen LogP contribution in [0.3, 0.4) is 0 Å².